The van der Waals surface area contributed by atoms with Crippen LogP contribution < -0.4 is 0 Å². The van der Waals surface area contributed by atoms with Gasteiger partial charge in [-0.2, -0.15) is 0 Å². The molecule has 0 aliphatic heterocycles. The van der Waals surface area contributed by atoms with Crippen molar-refractivity contribution in [1.82, 2.24) is 0 Å². The van der Waals surface area contributed by atoms with Gasteiger partial charge < -0.3 is 10.2 Å². The lowest BCUT2D eigenvalue weighted by molar-refractivity contribution is -0.138. The molecule has 0 bridgehead atoms. The van der Waals surface area contributed by atoms with Gasteiger partial charge in [-0.3, -0.25) is 9.59 Å². The number of ketones is 1. The van der Waals surface area contributed by atoms with Gasteiger partial charge in [-0.25, -0.2) is 0 Å². The summed E-state index contributed by atoms with van der Waals surface area (Å²) >= 11 is 0. The lowest BCUT2D eigenvalue weighted by Crippen LogP contribution is -2.17. The van der Waals surface area contributed by atoms with Gasteiger partial charge in [0, 0.05) is 11.8 Å². The number of carboxylic acids is 1. The van der Waals surface area contributed by atoms with Crippen molar-refractivity contribution in [2.24, 2.45) is 29.6 Å². The first-order valence-electron chi connectivity index (χ1n) is 9.90. The predicted molar refractivity (Wildman–Crippen MR) is 103 cm³/mol. The third-order valence-electron chi connectivity index (χ3n) is 5.67. The molecule has 0 heterocycles. The zero-order valence-corrected chi connectivity index (χ0v) is 15.9. The minimum Gasteiger partial charge on any atom is -0.481 e. The summed E-state index contributed by atoms with van der Waals surface area (Å²) in [5, 5.41) is 19.2. The standard InChI is InChI=1S/C22H32O4/c1-3-4-7-15(2)20(23)12-10-16-11-13-21(24)18(16)9-6-5-8-17-14-19(17)22(25)26/h5-6,10-13,15-20,23H,3-4,7-9,14H2,1-2H3,(H,25,26)/b6-5-,12-10+/t15-,16+,17?,18-,19?,20+/m1/s1. The fourth-order valence-corrected chi connectivity index (χ4v) is 3.58. The molecule has 2 aliphatic rings. The minimum atomic E-state index is -0.699. The van der Waals surface area contributed by atoms with E-state index in [1.165, 1.54) is 0 Å². The monoisotopic (exact) mass is 360 g/mol. The van der Waals surface area contributed by atoms with Crippen molar-refractivity contribution in [2.45, 2.75) is 58.5 Å². The predicted octanol–water partition coefficient (Wildman–Crippen LogP) is 4.16. The smallest absolute Gasteiger partial charge is 0.306 e. The zero-order valence-electron chi connectivity index (χ0n) is 15.9. The number of aliphatic carboxylic acids is 1. The van der Waals surface area contributed by atoms with E-state index >= 15 is 0 Å². The van der Waals surface area contributed by atoms with E-state index in [0.29, 0.717) is 6.42 Å². The first kappa shape index (κ1) is 20.6. The molecular weight excluding hydrogens is 328 g/mol. The van der Waals surface area contributed by atoms with Gasteiger partial charge in [0.05, 0.1) is 12.0 Å². The molecule has 2 unspecified atom stereocenters. The largest absolute Gasteiger partial charge is 0.481 e. The number of carbonyl (C=O) groups excluding carboxylic acids is 1. The van der Waals surface area contributed by atoms with Crippen LogP contribution in [0.3, 0.4) is 0 Å². The van der Waals surface area contributed by atoms with E-state index in [9.17, 15) is 14.7 Å². The fourth-order valence-electron chi connectivity index (χ4n) is 3.58. The molecule has 6 atom stereocenters. The second-order valence-corrected chi connectivity index (χ2v) is 7.82. The van der Waals surface area contributed by atoms with Gasteiger partial charge in [0.2, 0.25) is 0 Å². The molecule has 1 fully saturated rings. The summed E-state index contributed by atoms with van der Waals surface area (Å²) in [6.07, 6.45) is 16.4. The summed E-state index contributed by atoms with van der Waals surface area (Å²) in [4.78, 5) is 22.9. The summed E-state index contributed by atoms with van der Waals surface area (Å²) in [5.41, 5.74) is 0. The number of carbonyl (C=O) groups is 2. The first-order valence-corrected chi connectivity index (χ1v) is 9.90. The van der Waals surface area contributed by atoms with Crippen molar-refractivity contribution in [1.29, 1.82) is 0 Å². The molecule has 144 valence electrons. The molecule has 2 N–H and O–H groups in total. The molecule has 0 amide bonds. The van der Waals surface area contributed by atoms with Gasteiger partial charge in [-0.1, -0.05) is 57.1 Å². The van der Waals surface area contributed by atoms with Crippen molar-refractivity contribution in [3.8, 4) is 0 Å². The van der Waals surface area contributed by atoms with E-state index in [-0.39, 0.29) is 35.4 Å². The topological polar surface area (TPSA) is 74.6 Å². The summed E-state index contributed by atoms with van der Waals surface area (Å²) in [5.74, 6) is -0.324. The number of carboxylic acid groups (broad SMARTS) is 1. The Kier molecular flexibility index (Phi) is 7.83. The van der Waals surface area contributed by atoms with E-state index in [1.807, 2.05) is 30.4 Å². The summed E-state index contributed by atoms with van der Waals surface area (Å²) in [6, 6.07) is 0. The SMILES string of the molecule is CCCC[C@@H](C)[C@@H](O)/C=C/[C@H]1C=CC(=O)[C@@H]1C/C=C\CC1CC1C(=O)O. The molecule has 0 aromatic heterocycles. The van der Waals surface area contributed by atoms with E-state index in [2.05, 4.69) is 13.8 Å². The molecule has 4 nitrogen and oxygen atoms in total. The molecule has 2 rings (SSSR count). The Morgan fingerprint density at radius 1 is 1.35 bits per heavy atom. The first-order chi connectivity index (χ1) is 12.4. The lowest BCUT2D eigenvalue weighted by atomic mass is 9.89. The number of allylic oxidation sites excluding steroid dienone is 5. The number of hydrogen-bond acceptors (Lipinski definition) is 3. The molecule has 1 saturated carbocycles. The Labute approximate surface area is 156 Å². The van der Waals surface area contributed by atoms with Gasteiger partial charge in [-0.15, -0.1) is 0 Å². The average Bonchev–Trinajstić information content (AvgIpc) is 3.32. The summed E-state index contributed by atoms with van der Waals surface area (Å²) < 4.78 is 0. The average molecular weight is 360 g/mol. The molecule has 0 radical (unpaired) electrons. The number of hydrogen-bond donors (Lipinski definition) is 2. The van der Waals surface area contributed by atoms with E-state index < -0.39 is 12.1 Å². The minimum absolute atomic E-state index is 0.0351. The Hall–Kier alpha value is -1.68. The second-order valence-electron chi connectivity index (χ2n) is 7.82. The van der Waals surface area contributed by atoms with Crippen LogP contribution >= 0.6 is 0 Å². The highest BCUT2D eigenvalue weighted by atomic mass is 16.4. The maximum Gasteiger partial charge on any atom is 0.306 e. The van der Waals surface area contributed by atoms with Crippen LogP contribution in [0.1, 0.15) is 52.4 Å². The van der Waals surface area contributed by atoms with E-state index in [0.717, 1.165) is 32.1 Å². The maximum absolute atomic E-state index is 12.1. The van der Waals surface area contributed by atoms with Crippen LogP contribution in [0.25, 0.3) is 0 Å². The third-order valence-corrected chi connectivity index (χ3v) is 5.67. The molecule has 2 aliphatic carbocycles. The van der Waals surface area contributed by atoms with Gasteiger partial charge in [0.15, 0.2) is 5.78 Å². The number of aliphatic hydroxyl groups is 1. The number of aliphatic hydroxyl groups excluding tert-OH is 1. The van der Waals surface area contributed by atoms with Crippen LogP contribution in [0.15, 0.2) is 36.5 Å². The van der Waals surface area contributed by atoms with Crippen LogP contribution in [0.5, 0.6) is 0 Å². The van der Waals surface area contributed by atoms with Crippen LogP contribution in [-0.4, -0.2) is 28.1 Å². The Morgan fingerprint density at radius 2 is 2.08 bits per heavy atom. The molecule has 0 aromatic rings. The molecule has 26 heavy (non-hydrogen) atoms. The molecule has 0 spiro atoms. The Balaban J connectivity index is 1.79. The quantitative estimate of drug-likeness (QED) is 0.543. The van der Waals surface area contributed by atoms with Crippen molar-refractivity contribution >= 4 is 11.8 Å². The van der Waals surface area contributed by atoms with Gasteiger partial charge in [0.25, 0.3) is 0 Å². The highest BCUT2D eigenvalue weighted by Gasteiger charge is 2.41. The highest BCUT2D eigenvalue weighted by molar-refractivity contribution is 5.95. The third kappa shape index (κ3) is 5.94. The molecule has 4 heteroatoms. The molecular formula is C22H32O4. The van der Waals surface area contributed by atoms with Crippen molar-refractivity contribution in [3.63, 3.8) is 0 Å². The maximum atomic E-state index is 12.1. The second kappa shape index (κ2) is 9.86. The van der Waals surface area contributed by atoms with E-state index in [1.54, 1.807) is 6.08 Å². The van der Waals surface area contributed by atoms with Crippen molar-refractivity contribution in [3.05, 3.63) is 36.5 Å². The lowest BCUT2D eigenvalue weighted by Gasteiger charge is -2.17. The van der Waals surface area contributed by atoms with Crippen LogP contribution in [-0.2, 0) is 9.59 Å². The van der Waals surface area contributed by atoms with Crippen molar-refractivity contribution in [2.75, 3.05) is 0 Å². The van der Waals surface area contributed by atoms with Gasteiger partial charge >= 0.3 is 5.97 Å². The number of rotatable bonds is 11. The van der Waals surface area contributed by atoms with Crippen LogP contribution in [0.4, 0.5) is 0 Å². The number of unbranched alkanes of at least 4 members (excludes halogenated alkanes) is 1. The van der Waals surface area contributed by atoms with Crippen molar-refractivity contribution < 1.29 is 19.8 Å². The highest BCUT2D eigenvalue weighted by Crippen LogP contribution is 2.41. The Morgan fingerprint density at radius 3 is 2.73 bits per heavy atom. The van der Waals surface area contributed by atoms with Gasteiger partial charge in [-0.05, 0) is 43.6 Å². The normalized spacial score (nSPS) is 30.3. The summed E-state index contributed by atoms with van der Waals surface area (Å²) in [6.45, 7) is 4.20. The van der Waals surface area contributed by atoms with Crippen LogP contribution in [0.2, 0.25) is 0 Å². The Bertz CT molecular complexity index is 575. The molecule has 0 aromatic carbocycles. The fraction of sp³-hybridized carbons (Fsp3) is 0.636. The molecule has 0 saturated heterocycles. The van der Waals surface area contributed by atoms with E-state index in [4.69, 9.17) is 5.11 Å². The van der Waals surface area contributed by atoms with Gasteiger partial charge in [0.1, 0.15) is 0 Å². The zero-order chi connectivity index (χ0) is 19.1. The van der Waals surface area contributed by atoms with Crippen LogP contribution in [0, 0.1) is 29.6 Å². The summed E-state index contributed by atoms with van der Waals surface area (Å²) in [7, 11) is 0.